The van der Waals surface area contributed by atoms with Crippen LogP contribution in [0.25, 0.3) is 0 Å². The predicted octanol–water partition coefficient (Wildman–Crippen LogP) is 0.932. The molecule has 0 unspecified atom stereocenters. The molecule has 0 aliphatic carbocycles. The summed E-state index contributed by atoms with van der Waals surface area (Å²) in [5, 5.41) is 0. The molecule has 0 N–H and O–H groups in total. The van der Waals surface area contributed by atoms with Gasteiger partial charge < -0.3 is 4.74 Å². The van der Waals surface area contributed by atoms with Crippen LogP contribution in [0.3, 0.4) is 0 Å². The van der Waals surface area contributed by atoms with Crippen molar-refractivity contribution in [1.82, 2.24) is 4.90 Å². The van der Waals surface area contributed by atoms with E-state index >= 15 is 0 Å². The van der Waals surface area contributed by atoms with Crippen molar-refractivity contribution in [3.63, 3.8) is 0 Å². The Morgan fingerprint density at radius 2 is 2.29 bits per heavy atom. The zero-order valence-corrected chi connectivity index (χ0v) is 8.53. The van der Waals surface area contributed by atoms with Gasteiger partial charge in [0.25, 0.3) is 0 Å². The minimum atomic E-state index is -0.163. The van der Waals surface area contributed by atoms with E-state index in [9.17, 15) is 9.59 Å². The maximum atomic E-state index is 11.4. The van der Waals surface area contributed by atoms with Gasteiger partial charge in [-0.05, 0) is 6.92 Å². The quantitative estimate of drug-likeness (QED) is 0.382. The monoisotopic (exact) mass is 197 g/mol. The third-order valence-corrected chi connectivity index (χ3v) is 2.13. The van der Waals surface area contributed by atoms with Gasteiger partial charge in [-0.1, -0.05) is 13.0 Å². The molecule has 1 aliphatic rings. The summed E-state index contributed by atoms with van der Waals surface area (Å²) in [6.45, 7) is 4.34. The van der Waals surface area contributed by atoms with Crippen molar-refractivity contribution in [1.29, 1.82) is 0 Å². The summed E-state index contributed by atoms with van der Waals surface area (Å²) in [6.07, 6.45) is 3.65. The minimum Gasteiger partial charge on any atom is -0.500 e. The second kappa shape index (κ2) is 4.79. The number of hydrogen-bond acceptors (Lipinski definition) is 3. The number of likely N-dealkylation sites (tertiary alicyclic amines) is 1. The summed E-state index contributed by atoms with van der Waals surface area (Å²) in [4.78, 5) is 24.0. The molecule has 4 nitrogen and oxygen atoms in total. The van der Waals surface area contributed by atoms with Gasteiger partial charge in [0.05, 0.1) is 12.8 Å². The molecule has 1 rings (SSSR count). The number of carbonyl (C=O) groups is 2. The van der Waals surface area contributed by atoms with Crippen LogP contribution in [-0.2, 0) is 14.3 Å². The third kappa shape index (κ3) is 2.34. The van der Waals surface area contributed by atoms with Crippen molar-refractivity contribution in [2.24, 2.45) is 5.92 Å². The summed E-state index contributed by atoms with van der Waals surface area (Å²) in [5.41, 5.74) is 0. The van der Waals surface area contributed by atoms with Crippen molar-refractivity contribution in [3.05, 3.63) is 12.3 Å². The molecule has 0 aromatic carbocycles. The molecule has 0 aromatic rings. The second-order valence-electron chi connectivity index (χ2n) is 3.33. The van der Waals surface area contributed by atoms with Gasteiger partial charge in [-0.15, -0.1) is 0 Å². The Hall–Kier alpha value is -1.32. The number of allylic oxidation sites excluding steroid dienone is 1. The number of rotatable bonds is 4. The van der Waals surface area contributed by atoms with Gasteiger partial charge in [0.2, 0.25) is 11.8 Å². The highest BCUT2D eigenvalue weighted by Crippen LogP contribution is 2.17. The molecule has 0 saturated carbocycles. The Labute approximate surface area is 83.5 Å². The Morgan fingerprint density at radius 1 is 1.57 bits per heavy atom. The molecule has 0 spiro atoms. The van der Waals surface area contributed by atoms with Crippen LogP contribution >= 0.6 is 0 Å². The topological polar surface area (TPSA) is 46.6 Å². The van der Waals surface area contributed by atoms with Crippen molar-refractivity contribution in [2.75, 3.05) is 13.2 Å². The first kappa shape index (κ1) is 10.8. The summed E-state index contributed by atoms with van der Waals surface area (Å²) in [6, 6.07) is 0. The highest BCUT2D eigenvalue weighted by Gasteiger charge is 2.34. The molecule has 0 aromatic heterocycles. The molecule has 0 radical (unpaired) electrons. The first-order chi connectivity index (χ1) is 6.66. The molecule has 1 heterocycles. The molecule has 0 bridgehead atoms. The van der Waals surface area contributed by atoms with E-state index in [1.54, 1.807) is 19.3 Å². The van der Waals surface area contributed by atoms with Crippen molar-refractivity contribution < 1.29 is 14.3 Å². The van der Waals surface area contributed by atoms with Crippen LogP contribution < -0.4 is 0 Å². The lowest BCUT2D eigenvalue weighted by molar-refractivity contribution is -0.139. The molecule has 14 heavy (non-hydrogen) atoms. The lowest BCUT2D eigenvalue weighted by atomic mass is 10.1. The van der Waals surface area contributed by atoms with Gasteiger partial charge in [0.1, 0.15) is 6.61 Å². The maximum absolute atomic E-state index is 11.4. The number of amides is 2. The highest BCUT2D eigenvalue weighted by atomic mass is 16.5. The number of carbonyl (C=O) groups excluding carboxylic acids is 2. The average Bonchev–Trinajstić information content (AvgIpc) is 2.38. The molecule has 2 amide bonds. The van der Waals surface area contributed by atoms with Crippen LogP contribution in [0.5, 0.6) is 0 Å². The summed E-state index contributed by atoms with van der Waals surface area (Å²) in [5.74, 6) is -0.338. The van der Waals surface area contributed by atoms with Gasteiger partial charge in [0.15, 0.2) is 0 Å². The molecule has 1 saturated heterocycles. The van der Waals surface area contributed by atoms with E-state index in [0.29, 0.717) is 19.6 Å². The smallest absolute Gasteiger partial charge is 0.232 e. The normalized spacial score (nSPS) is 22.4. The van der Waals surface area contributed by atoms with Crippen molar-refractivity contribution in [2.45, 2.75) is 20.3 Å². The van der Waals surface area contributed by atoms with E-state index in [-0.39, 0.29) is 17.7 Å². The average molecular weight is 197 g/mol. The molecule has 4 heteroatoms. The summed E-state index contributed by atoms with van der Waals surface area (Å²) >= 11 is 0. The van der Waals surface area contributed by atoms with Crippen LogP contribution in [0, 0.1) is 5.92 Å². The fourth-order valence-corrected chi connectivity index (χ4v) is 1.39. The molecular formula is C10H15NO3. The number of nitrogens with zero attached hydrogens (tertiary/aromatic N) is 1. The lowest BCUT2D eigenvalue weighted by Crippen LogP contribution is -2.33. The number of hydrogen-bond donors (Lipinski definition) is 0. The van der Waals surface area contributed by atoms with Crippen LogP contribution in [0.2, 0.25) is 0 Å². The zero-order chi connectivity index (χ0) is 10.6. The third-order valence-electron chi connectivity index (χ3n) is 2.13. The molecular weight excluding hydrogens is 182 g/mol. The van der Waals surface area contributed by atoms with Gasteiger partial charge in [0, 0.05) is 12.3 Å². The molecule has 78 valence electrons. The predicted molar refractivity (Wildman–Crippen MR) is 51.3 cm³/mol. The lowest BCUT2D eigenvalue weighted by Gasteiger charge is -2.13. The molecule has 1 atom stereocenters. The van der Waals surface area contributed by atoms with E-state index in [2.05, 4.69) is 0 Å². The van der Waals surface area contributed by atoms with E-state index < -0.39 is 0 Å². The van der Waals surface area contributed by atoms with Gasteiger partial charge in [-0.3, -0.25) is 14.5 Å². The first-order valence-electron chi connectivity index (χ1n) is 4.73. The maximum Gasteiger partial charge on any atom is 0.232 e. The summed E-state index contributed by atoms with van der Waals surface area (Å²) < 4.78 is 5.05. The van der Waals surface area contributed by atoms with Gasteiger partial charge >= 0.3 is 0 Å². The Balaban J connectivity index is 2.37. The SMILES string of the molecule is CC=COCCN1C(=O)C[C@@H](C)C1=O. The summed E-state index contributed by atoms with van der Waals surface area (Å²) in [7, 11) is 0. The van der Waals surface area contributed by atoms with Crippen molar-refractivity contribution >= 4 is 11.8 Å². The first-order valence-corrected chi connectivity index (χ1v) is 4.73. The fourth-order valence-electron chi connectivity index (χ4n) is 1.39. The van der Waals surface area contributed by atoms with Gasteiger partial charge in [-0.2, -0.15) is 0 Å². The van der Waals surface area contributed by atoms with E-state index in [0.717, 1.165) is 0 Å². The zero-order valence-electron chi connectivity index (χ0n) is 8.53. The van der Waals surface area contributed by atoms with Crippen LogP contribution in [0.15, 0.2) is 12.3 Å². The number of imide groups is 1. The highest BCUT2D eigenvalue weighted by molar-refractivity contribution is 6.03. The molecule has 1 fully saturated rings. The number of ether oxygens (including phenoxy) is 1. The second-order valence-corrected chi connectivity index (χ2v) is 3.33. The Kier molecular flexibility index (Phi) is 3.68. The largest absolute Gasteiger partial charge is 0.500 e. The Bertz CT molecular complexity index is 260. The Morgan fingerprint density at radius 3 is 2.79 bits per heavy atom. The van der Waals surface area contributed by atoms with Gasteiger partial charge in [-0.25, -0.2) is 0 Å². The van der Waals surface area contributed by atoms with Crippen LogP contribution in [0.1, 0.15) is 20.3 Å². The fraction of sp³-hybridized carbons (Fsp3) is 0.600. The van der Waals surface area contributed by atoms with E-state index in [1.807, 2.05) is 6.92 Å². The van der Waals surface area contributed by atoms with E-state index in [1.165, 1.54) is 4.90 Å². The van der Waals surface area contributed by atoms with Crippen molar-refractivity contribution in [3.8, 4) is 0 Å². The van der Waals surface area contributed by atoms with Crippen LogP contribution in [-0.4, -0.2) is 29.9 Å². The van der Waals surface area contributed by atoms with Crippen LogP contribution in [0.4, 0.5) is 0 Å². The minimum absolute atomic E-state index is 0.0842. The molecule has 1 aliphatic heterocycles. The standard InChI is InChI=1S/C10H15NO3/c1-3-5-14-6-4-11-9(12)7-8(2)10(11)13/h3,5,8H,4,6-7H2,1-2H3/t8-/m1/s1. The van der Waals surface area contributed by atoms with E-state index in [4.69, 9.17) is 4.74 Å².